The minimum atomic E-state index is 0.303. The maximum Gasteiger partial charge on any atom is 0.161 e. The number of fused-ring (bicyclic) bond motifs is 1. The van der Waals surface area contributed by atoms with Crippen LogP contribution in [0.1, 0.15) is 16.7 Å². The van der Waals surface area contributed by atoms with E-state index in [4.69, 9.17) is 9.47 Å². The van der Waals surface area contributed by atoms with E-state index >= 15 is 0 Å². The monoisotopic (exact) mass is 373 g/mol. The minimum Gasteiger partial charge on any atom is -0.507 e. The van der Waals surface area contributed by atoms with Crippen molar-refractivity contribution in [3.63, 3.8) is 0 Å². The molecule has 142 valence electrons. The van der Waals surface area contributed by atoms with Gasteiger partial charge in [-0.1, -0.05) is 30.3 Å². The average molecular weight is 373 g/mol. The van der Waals surface area contributed by atoms with Crippen molar-refractivity contribution in [2.45, 2.75) is 13.0 Å². The lowest BCUT2D eigenvalue weighted by Gasteiger charge is -2.19. The largest absolute Gasteiger partial charge is 0.507 e. The van der Waals surface area contributed by atoms with E-state index in [0.29, 0.717) is 23.7 Å². The van der Waals surface area contributed by atoms with E-state index in [-0.39, 0.29) is 0 Å². The van der Waals surface area contributed by atoms with Crippen LogP contribution in [0.5, 0.6) is 11.5 Å². The Morgan fingerprint density at radius 2 is 1.68 bits per heavy atom. The van der Waals surface area contributed by atoms with E-state index in [1.54, 1.807) is 14.2 Å². The molecular weight excluding hydrogens is 350 g/mol. The Bertz CT molecular complexity index is 984. The van der Waals surface area contributed by atoms with Gasteiger partial charge >= 0.3 is 0 Å². The van der Waals surface area contributed by atoms with Crippen LogP contribution in [0.2, 0.25) is 0 Å². The van der Waals surface area contributed by atoms with Gasteiger partial charge in [-0.2, -0.15) is 0 Å². The summed E-state index contributed by atoms with van der Waals surface area (Å²) in [5.41, 5.74) is 5.05. The summed E-state index contributed by atoms with van der Waals surface area (Å²) >= 11 is 0. The lowest BCUT2D eigenvalue weighted by molar-refractivity contribution is 0.354. The Labute approximate surface area is 165 Å². The highest BCUT2D eigenvalue weighted by molar-refractivity contribution is 5.76. The molecule has 0 aromatic heterocycles. The van der Waals surface area contributed by atoms with Gasteiger partial charge in [0, 0.05) is 30.9 Å². The van der Waals surface area contributed by atoms with Crippen molar-refractivity contribution in [1.29, 1.82) is 0 Å². The van der Waals surface area contributed by atoms with Crippen LogP contribution in [0.25, 0.3) is 5.76 Å². The van der Waals surface area contributed by atoms with Gasteiger partial charge < -0.3 is 19.5 Å². The van der Waals surface area contributed by atoms with Gasteiger partial charge in [0.05, 0.1) is 14.2 Å². The number of hydrogen-bond donors (Lipinski definition) is 1. The third kappa shape index (κ3) is 3.54. The van der Waals surface area contributed by atoms with Crippen LogP contribution < -0.4 is 9.47 Å². The first kappa shape index (κ1) is 18.0. The first-order valence-corrected chi connectivity index (χ1v) is 9.23. The van der Waals surface area contributed by atoms with Crippen LogP contribution in [0, 0.1) is 0 Å². The molecule has 1 heterocycles. The second-order valence-electron chi connectivity index (χ2n) is 6.85. The maximum atomic E-state index is 10.7. The molecule has 0 radical (unpaired) electrons. The highest BCUT2D eigenvalue weighted by Gasteiger charge is 2.23. The van der Waals surface area contributed by atoms with Crippen molar-refractivity contribution >= 4 is 5.76 Å². The van der Waals surface area contributed by atoms with Gasteiger partial charge in [0.1, 0.15) is 5.76 Å². The smallest absolute Gasteiger partial charge is 0.161 e. The van der Waals surface area contributed by atoms with E-state index in [2.05, 4.69) is 53.7 Å². The zero-order chi connectivity index (χ0) is 19.5. The molecule has 0 saturated heterocycles. The number of nitrogens with zero attached hydrogens (tertiary/aromatic N) is 1. The predicted octanol–water partition coefficient (Wildman–Crippen LogP) is 5.00. The predicted molar refractivity (Wildman–Crippen MR) is 111 cm³/mol. The summed E-state index contributed by atoms with van der Waals surface area (Å²) in [7, 11) is 3.22. The van der Waals surface area contributed by atoms with Gasteiger partial charge in [0.15, 0.2) is 11.5 Å². The van der Waals surface area contributed by atoms with E-state index in [1.165, 1.54) is 5.56 Å². The normalized spacial score (nSPS) is 15.1. The number of hydrogen-bond acceptors (Lipinski definition) is 4. The second-order valence-corrected chi connectivity index (χ2v) is 6.85. The zero-order valence-electron chi connectivity index (χ0n) is 16.1. The van der Waals surface area contributed by atoms with Gasteiger partial charge in [-0.15, -0.1) is 0 Å². The van der Waals surface area contributed by atoms with Crippen LogP contribution >= 0.6 is 0 Å². The number of aliphatic hydroxyl groups excluding tert-OH is 1. The van der Waals surface area contributed by atoms with Crippen molar-refractivity contribution in [3.8, 4) is 11.5 Å². The second kappa shape index (κ2) is 7.69. The van der Waals surface area contributed by atoms with Gasteiger partial charge in [-0.3, -0.25) is 0 Å². The van der Waals surface area contributed by atoms with E-state index in [0.717, 1.165) is 28.8 Å². The summed E-state index contributed by atoms with van der Waals surface area (Å²) in [4.78, 5) is 2.14. The Morgan fingerprint density at radius 3 is 2.36 bits per heavy atom. The number of benzene rings is 2. The summed E-state index contributed by atoms with van der Waals surface area (Å²) < 4.78 is 10.7. The van der Waals surface area contributed by atoms with E-state index in [9.17, 15) is 5.11 Å². The topological polar surface area (TPSA) is 41.9 Å². The molecule has 0 bridgehead atoms. The van der Waals surface area contributed by atoms with E-state index in [1.807, 2.05) is 24.3 Å². The molecule has 0 unspecified atom stereocenters. The van der Waals surface area contributed by atoms with Gasteiger partial charge in [-0.25, -0.2) is 0 Å². The standard InChI is InChI=1S/C24H23NO3/c1-27-22-14-19-13-20(24(26)21(19)15-23(22)28-2)12-17-8-10-25(11-9-17)16-18-6-4-3-5-7-18/h3-12,14-15,26H,13,16H2,1-2H3. The molecule has 4 heteroatoms. The molecule has 0 saturated carbocycles. The molecule has 4 rings (SSSR count). The molecule has 2 aromatic carbocycles. The first-order valence-electron chi connectivity index (χ1n) is 9.23. The zero-order valence-corrected chi connectivity index (χ0v) is 16.1. The lowest BCUT2D eigenvalue weighted by atomic mass is 10.1. The number of rotatable bonds is 5. The summed E-state index contributed by atoms with van der Waals surface area (Å²) in [6.07, 6.45) is 10.9. The van der Waals surface area contributed by atoms with Crippen molar-refractivity contribution in [2.75, 3.05) is 14.2 Å². The third-order valence-corrected chi connectivity index (χ3v) is 5.02. The van der Waals surface area contributed by atoms with Crippen LogP contribution in [0.4, 0.5) is 0 Å². The lowest BCUT2D eigenvalue weighted by Crippen LogP contribution is -2.11. The van der Waals surface area contributed by atoms with Crippen LogP contribution in [0.15, 0.2) is 84.2 Å². The molecule has 4 nitrogen and oxygen atoms in total. The molecule has 0 fully saturated rings. The van der Waals surface area contributed by atoms with Crippen molar-refractivity contribution in [3.05, 3.63) is 101 Å². The summed E-state index contributed by atoms with van der Waals surface area (Å²) in [6, 6.07) is 14.1. The fourth-order valence-electron chi connectivity index (χ4n) is 3.53. The quantitative estimate of drug-likeness (QED) is 0.801. The van der Waals surface area contributed by atoms with Gasteiger partial charge in [0.2, 0.25) is 0 Å². The molecule has 0 amide bonds. The SMILES string of the molecule is COc1cc2c(cc1OC)C(O)=C(C=C1C=CN(Cc3ccccc3)C=C1)C2. The first-order chi connectivity index (χ1) is 13.7. The summed E-state index contributed by atoms with van der Waals surface area (Å²) in [5, 5.41) is 10.7. The van der Waals surface area contributed by atoms with E-state index < -0.39 is 0 Å². The summed E-state index contributed by atoms with van der Waals surface area (Å²) in [6.45, 7) is 0.833. The van der Waals surface area contributed by atoms with Crippen LogP contribution in [-0.2, 0) is 13.0 Å². The molecule has 1 N–H and O–H groups in total. The maximum absolute atomic E-state index is 10.7. The summed E-state index contributed by atoms with van der Waals surface area (Å²) in [5.74, 6) is 1.60. The Hall–Kier alpha value is -3.40. The van der Waals surface area contributed by atoms with Crippen LogP contribution in [-0.4, -0.2) is 24.2 Å². The third-order valence-electron chi connectivity index (χ3n) is 5.02. The van der Waals surface area contributed by atoms with Crippen molar-refractivity contribution in [2.24, 2.45) is 0 Å². The Kier molecular flexibility index (Phi) is 4.94. The van der Waals surface area contributed by atoms with Crippen molar-refractivity contribution < 1.29 is 14.6 Å². The van der Waals surface area contributed by atoms with Gasteiger partial charge in [-0.05, 0) is 52.6 Å². The van der Waals surface area contributed by atoms with Gasteiger partial charge in [0.25, 0.3) is 0 Å². The minimum absolute atomic E-state index is 0.303. The highest BCUT2D eigenvalue weighted by Crippen LogP contribution is 2.39. The molecule has 0 atom stereocenters. The molecule has 1 aliphatic carbocycles. The molecule has 2 aromatic rings. The van der Waals surface area contributed by atoms with Crippen LogP contribution in [0.3, 0.4) is 0 Å². The number of ether oxygens (including phenoxy) is 2. The molecule has 0 spiro atoms. The molecule has 2 aliphatic rings. The Morgan fingerprint density at radius 1 is 1.00 bits per heavy atom. The molecule has 28 heavy (non-hydrogen) atoms. The average Bonchev–Trinajstić information content (AvgIpc) is 3.03. The molecular formula is C24H23NO3. The Balaban J connectivity index is 1.51. The number of allylic oxidation sites excluding steroid dienone is 5. The fraction of sp³-hybridized carbons (Fsp3) is 0.167. The highest BCUT2D eigenvalue weighted by atomic mass is 16.5. The number of aliphatic hydroxyl groups is 1. The fourth-order valence-corrected chi connectivity index (χ4v) is 3.53. The van der Waals surface area contributed by atoms with Crippen molar-refractivity contribution in [1.82, 2.24) is 4.90 Å². The number of methoxy groups -OCH3 is 2. The molecule has 1 aliphatic heterocycles.